The first-order valence-corrected chi connectivity index (χ1v) is 15.6. The highest BCUT2D eigenvalue weighted by Gasteiger charge is 2.45. The van der Waals surface area contributed by atoms with E-state index in [0.29, 0.717) is 0 Å². The van der Waals surface area contributed by atoms with Gasteiger partial charge < -0.3 is 18.6 Å². The summed E-state index contributed by atoms with van der Waals surface area (Å²) in [6.07, 6.45) is 0. The van der Waals surface area contributed by atoms with Gasteiger partial charge in [-0.05, 0) is 59.5 Å². The minimum atomic E-state index is -0.315. The lowest BCUT2D eigenvalue weighted by atomic mass is 9.61. The summed E-state index contributed by atoms with van der Waals surface area (Å²) in [7, 11) is 0. The van der Waals surface area contributed by atoms with Gasteiger partial charge in [0.1, 0.15) is 0 Å². The molecule has 2 aromatic heterocycles. The Morgan fingerprint density at radius 1 is 0.348 bits per heavy atom. The molecule has 0 atom stereocenters. The zero-order chi connectivity index (χ0) is 30.5. The van der Waals surface area contributed by atoms with Crippen LogP contribution in [0.1, 0.15) is 0 Å². The van der Waals surface area contributed by atoms with E-state index in [1.54, 1.807) is 0 Å². The predicted octanol–water partition coefficient (Wildman–Crippen LogP) is 6.86. The van der Waals surface area contributed by atoms with Crippen LogP contribution in [-0.2, 0) is 0 Å². The van der Waals surface area contributed by atoms with Crippen molar-refractivity contribution in [2.75, 3.05) is 9.62 Å². The maximum Gasteiger partial charge on any atom is 0.425 e. The summed E-state index contributed by atoms with van der Waals surface area (Å²) < 4.78 is 4.78. The number of nitrogens with zero attached hydrogens (tertiary/aromatic N) is 6. The Bertz CT molecular complexity index is 2120. The van der Waals surface area contributed by atoms with Crippen molar-refractivity contribution in [3.8, 4) is 0 Å². The van der Waals surface area contributed by atoms with Crippen molar-refractivity contribution in [3.05, 3.63) is 170 Å². The standard InChI is InChI=1S/C38H28B2N6/c1-5-17-29(18-6-1)39-43(31-21-9-3-10-22-31)37-41-34-26-14-16-28-36(34)46(37)40(30-19-7-2-8-20-30)44(32-23-11-4-12-24-32)38-42-33-25-13-15-27-35(33)45(38)39/h1-28H. The first-order valence-electron chi connectivity index (χ1n) is 15.6. The lowest BCUT2D eigenvalue weighted by Crippen LogP contribution is -2.60. The highest BCUT2D eigenvalue weighted by molar-refractivity contribution is 6.81. The molecule has 0 radical (unpaired) electrons. The van der Waals surface area contributed by atoms with Gasteiger partial charge in [-0.25, -0.2) is 9.97 Å². The van der Waals surface area contributed by atoms with E-state index in [4.69, 9.17) is 9.97 Å². The van der Waals surface area contributed by atoms with Crippen LogP contribution in [0.5, 0.6) is 0 Å². The molecule has 6 nitrogen and oxygen atoms in total. The average Bonchev–Trinajstić information content (AvgIpc) is 3.68. The van der Waals surface area contributed by atoms with Gasteiger partial charge in [0.15, 0.2) is 11.9 Å². The summed E-state index contributed by atoms with van der Waals surface area (Å²) in [5.74, 6) is 1.69. The number of benzene rings is 6. The lowest BCUT2D eigenvalue weighted by Gasteiger charge is -2.40. The molecule has 46 heavy (non-hydrogen) atoms. The highest BCUT2D eigenvalue weighted by atomic mass is 15.4. The first-order chi connectivity index (χ1) is 22.9. The summed E-state index contributed by atoms with van der Waals surface area (Å²) in [5.41, 5.74) is 8.29. The third-order valence-electron chi connectivity index (χ3n) is 8.83. The van der Waals surface area contributed by atoms with Crippen LogP contribution >= 0.6 is 0 Å². The van der Waals surface area contributed by atoms with Crippen molar-refractivity contribution in [1.29, 1.82) is 0 Å². The summed E-state index contributed by atoms with van der Waals surface area (Å²) in [5, 5.41) is 0. The number of rotatable bonds is 4. The van der Waals surface area contributed by atoms with Gasteiger partial charge in [0.2, 0.25) is 0 Å². The van der Waals surface area contributed by atoms with Crippen LogP contribution in [-0.4, -0.2) is 32.9 Å². The molecule has 0 unspecified atom stereocenters. The molecular weight excluding hydrogens is 562 g/mol. The fraction of sp³-hybridized carbons (Fsp3) is 0. The normalized spacial score (nSPS) is 13.0. The van der Waals surface area contributed by atoms with Gasteiger partial charge in [-0.2, -0.15) is 0 Å². The first kappa shape index (κ1) is 26.4. The topological polar surface area (TPSA) is 42.1 Å². The second-order valence-electron chi connectivity index (χ2n) is 11.5. The summed E-state index contributed by atoms with van der Waals surface area (Å²) in [6, 6.07) is 59.5. The average molecular weight is 590 g/mol. The van der Waals surface area contributed by atoms with E-state index in [0.717, 1.165) is 56.3 Å². The lowest BCUT2D eigenvalue weighted by molar-refractivity contribution is 1.03. The molecule has 0 aliphatic carbocycles. The number of imidazole rings is 2. The van der Waals surface area contributed by atoms with Gasteiger partial charge in [-0.15, -0.1) is 0 Å². The number of anilines is 4. The molecule has 0 spiro atoms. The maximum absolute atomic E-state index is 5.46. The molecule has 8 aromatic rings. The molecule has 6 aromatic carbocycles. The molecule has 8 heteroatoms. The quantitative estimate of drug-likeness (QED) is 0.210. The Hall–Kier alpha value is -6.01. The van der Waals surface area contributed by atoms with E-state index < -0.39 is 0 Å². The Labute approximate surface area is 268 Å². The van der Waals surface area contributed by atoms with Gasteiger partial charge in [-0.1, -0.05) is 121 Å². The van der Waals surface area contributed by atoms with Crippen LogP contribution in [0.4, 0.5) is 23.3 Å². The van der Waals surface area contributed by atoms with E-state index in [2.05, 4.69) is 188 Å². The second-order valence-corrected chi connectivity index (χ2v) is 11.5. The number of para-hydroxylation sites is 6. The van der Waals surface area contributed by atoms with Crippen molar-refractivity contribution in [2.45, 2.75) is 0 Å². The number of hydrogen-bond acceptors (Lipinski definition) is 4. The molecule has 1 aliphatic rings. The summed E-state index contributed by atoms with van der Waals surface area (Å²) in [4.78, 5) is 15.7. The third kappa shape index (κ3) is 4.14. The molecule has 0 N–H and O–H groups in total. The Balaban J connectivity index is 1.50. The Kier molecular flexibility index (Phi) is 6.23. The van der Waals surface area contributed by atoms with E-state index in [9.17, 15) is 0 Å². The zero-order valence-corrected chi connectivity index (χ0v) is 25.0. The molecule has 216 valence electrons. The third-order valence-corrected chi connectivity index (χ3v) is 8.83. The summed E-state index contributed by atoms with van der Waals surface area (Å²) >= 11 is 0. The number of aromatic nitrogens is 4. The van der Waals surface area contributed by atoms with Gasteiger partial charge in [0, 0.05) is 11.4 Å². The highest BCUT2D eigenvalue weighted by Crippen LogP contribution is 2.39. The van der Waals surface area contributed by atoms with Crippen molar-refractivity contribution >= 4 is 70.2 Å². The van der Waals surface area contributed by atoms with Gasteiger partial charge in [0.25, 0.3) is 0 Å². The fourth-order valence-corrected chi connectivity index (χ4v) is 6.87. The molecule has 0 fully saturated rings. The second kappa shape index (κ2) is 10.9. The number of hydrogen-bond donors (Lipinski definition) is 0. The molecule has 9 rings (SSSR count). The Morgan fingerprint density at radius 3 is 1.07 bits per heavy atom. The largest absolute Gasteiger partial charge is 0.425 e. The monoisotopic (exact) mass is 590 g/mol. The minimum absolute atomic E-state index is 0.315. The molecule has 3 heterocycles. The van der Waals surface area contributed by atoms with Crippen molar-refractivity contribution < 1.29 is 0 Å². The van der Waals surface area contributed by atoms with Crippen LogP contribution in [0.25, 0.3) is 22.1 Å². The SMILES string of the molecule is c1ccc(B2N(c3ccccc3)c3nc4ccccc4n3B(c3ccccc3)N(c3ccccc3)c3nc4ccccc4n32)cc1. The fourth-order valence-electron chi connectivity index (χ4n) is 6.87. The molecule has 1 aliphatic heterocycles. The van der Waals surface area contributed by atoms with E-state index in [1.807, 2.05) is 0 Å². The minimum Gasteiger partial charge on any atom is -0.332 e. The van der Waals surface area contributed by atoms with Crippen LogP contribution in [0.3, 0.4) is 0 Å². The predicted molar refractivity (Wildman–Crippen MR) is 191 cm³/mol. The van der Waals surface area contributed by atoms with Gasteiger partial charge in [0.05, 0.1) is 22.1 Å². The number of fused-ring (bicyclic) bond motifs is 6. The van der Waals surface area contributed by atoms with Gasteiger partial charge in [-0.3, -0.25) is 0 Å². The van der Waals surface area contributed by atoms with Crippen LogP contribution in [0.15, 0.2) is 170 Å². The molecular formula is C38H28B2N6. The Morgan fingerprint density at radius 2 is 0.674 bits per heavy atom. The van der Waals surface area contributed by atoms with Crippen molar-refractivity contribution in [2.24, 2.45) is 0 Å². The molecule has 0 bridgehead atoms. The maximum atomic E-state index is 5.46. The van der Waals surface area contributed by atoms with Crippen molar-refractivity contribution in [3.63, 3.8) is 0 Å². The van der Waals surface area contributed by atoms with E-state index in [-0.39, 0.29) is 14.0 Å². The van der Waals surface area contributed by atoms with E-state index in [1.165, 1.54) is 0 Å². The molecule has 0 saturated heterocycles. The van der Waals surface area contributed by atoms with E-state index >= 15 is 0 Å². The summed E-state index contributed by atoms with van der Waals surface area (Å²) in [6.45, 7) is -0.631. The smallest absolute Gasteiger partial charge is 0.332 e. The van der Waals surface area contributed by atoms with Crippen LogP contribution in [0.2, 0.25) is 0 Å². The zero-order valence-electron chi connectivity index (χ0n) is 25.0. The molecule has 0 amide bonds. The van der Waals surface area contributed by atoms with Crippen LogP contribution < -0.4 is 20.5 Å². The van der Waals surface area contributed by atoms with Crippen molar-refractivity contribution in [1.82, 2.24) is 18.9 Å². The van der Waals surface area contributed by atoms with Crippen LogP contribution in [0, 0.1) is 0 Å². The van der Waals surface area contributed by atoms with Gasteiger partial charge >= 0.3 is 14.0 Å². The molecule has 0 saturated carbocycles.